The maximum absolute atomic E-state index is 13.0. The normalized spacial score (nSPS) is 20.5. The number of fused-ring (bicyclic) bond motifs is 3. The average Bonchev–Trinajstić information content (AvgIpc) is 3.48. The van der Waals surface area contributed by atoms with Crippen LogP contribution in [0.3, 0.4) is 0 Å². The predicted molar refractivity (Wildman–Crippen MR) is 135 cm³/mol. The number of nitrogens with one attached hydrogen (secondary N) is 1. The molecular formula is C27H24BrN3O. The first kappa shape index (κ1) is 19.6. The number of halogens is 1. The Morgan fingerprint density at radius 3 is 2.94 bits per heavy atom. The first-order valence-electron chi connectivity index (χ1n) is 11.2. The van der Waals surface area contributed by atoms with E-state index in [1.807, 2.05) is 12.1 Å². The third-order valence-corrected chi connectivity index (χ3v) is 7.61. The fraction of sp³-hybridized carbons (Fsp3) is 0.222. The van der Waals surface area contributed by atoms with Gasteiger partial charge in [-0.15, -0.1) is 0 Å². The fourth-order valence-corrected chi connectivity index (χ4v) is 5.89. The molecule has 3 aliphatic heterocycles. The molecular weight excluding hydrogens is 462 g/mol. The summed E-state index contributed by atoms with van der Waals surface area (Å²) in [5.41, 5.74) is 8.81. The van der Waals surface area contributed by atoms with Gasteiger partial charge in [-0.25, -0.2) is 3.93 Å². The zero-order chi connectivity index (χ0) is 21.8. The van der Waals surface area contributed by atoms with Crippen LogP contribution in [-0.4, -0.2) is 23.5 Å². The second-order valence-corrected chi connectivity index (χ2v) is 9.57. The molecule has 0 aliphatic carbocycles. The molecule has 3 aromatic rings. The van der Waals surface area contributed by atoms with Crippen molar-refractivity contribution in [1.82, 2.24) is 4.98 Å². The molecule has 0 bridgehead atoms. The van der Waals surface area contributed by atoms with Gasteiger partial charge in [-0.1, -0.05) is 42.5 Å². The summed E-state index contributed by atoms with van der Waals surface area (Å²) in [5.74, 6) is 0.0112. The van der Waals surface area contributed by atoms with Crippen LogP contribution in [0.5, 0.6) is 0 Å². The Morgan fingerprint density at radius 1 is 1.19 bits per heavy atom. The zero-order valence-electron chi connectivity index (χ0n) is 17.8. The Hall–Kier alpha value is -3.05. The van der Waals surface area contributed by atoms with Crippen molar-refractivity contribution in [2.45, 2.75) is 31.7 Å². The van der Waals surface area contributed by atoms with Gasteiger partial charge in [-0.3, -0.25) is 4.79 Å². The molecule has 0 spiro atoms. The number of benzene rings is 2. The number of carbonyl (C=O) groups excluding carboxylic acids is 1. The Balaban J connectivity index is 1.32. The van der Waals surface area contributed by atoms with Gasteiger partial charge in [0.25, 0.3) is 5.91 Å². The van der Waals surface area contributed by atoms with E-state index in [1.54, 1.807) is 3.93 Å². The highest BCUT2D eigenvalue weighted by Gasteiger charge is 2.40. The number of aromatic amines is 1. The Labute approximate surface area is 196 Å². The Morgan fingerprint density at radius 2 is 2.03 bits per heavy atom. The van der Waals surface area contributed by atoms with Crippen molar-refractivity contribution in [3.05, 3.63) is 89.7 Å². The van der Waals surface area contributed by atoms with Crippen LogP contribution >= 0.6 is 16.1 Å². The van der Waals surface area contributed by atoms with Crippen LogP contribution in [0, 0.1) is 0 Å². The molecule has 4 heterocycles. The molecule has 1 fully saturated rings. The number of amides is 1. The molecule has 3 aliphatic rings. The summed E-state index contributed by atoms with van der Waals surface area (Å²) < 4.78 is 1.60. The highest BCUT2D eigenvalue weighted by Crippen LogP contribution is 2.49. The summed E-state index contributed by atoms with van der Waals surface area (Å²) in [6, 6.07) is 14.9. The van der Waals surface area contributed by atoms with E-state index in [2.05, 4.69) is 81.3 Å². The van der Waals surface area contributed by atoms with E-state index in [1.165, 1.54) is 27.8 Å². The standard InChI is InChI=1S/C27H24BrN3O/c1-17(14-19-16-29-22-7-3-2-6-20(19)22)11-12-18-15-21-26-24(30-13-5-10-23(18)30)8-4-9-25(26)31(28)27(21)32/h2-4,6-9,12,15-16,23,29H,1,5,10-11,13-14H2/b18-12+. The Kier molecular flexibility index (Phi) is 4.61. The van der Waals surface area contributed by atoms with Crippen LogP contribution in [0.15, 0.2) is 78.5 Å². The summed E-state index contributed by atoms with van der Waals surface area (Å²) in [7, 11) is 0. The van der Waals surface area contributed by atoms with E-state index in [0.29, 0.717) is 6.04 Å². The van der Waals surface area contributed by atoms with E-state index >= 15 is 0 Å². The van der Waals surface area contributed by atoms with E-state index in [-0.39, 0.29) is 5.91 Å². The second-order valence-electron chi connectivity index (χ2n) is 8.86. The molecule has 1 unspecified atom stereocenters. The lowest BCUT2D eigenvalue weighted by molar-refractivity contribution is -0.111. The van der Waals surface area contributed by atoms with Crippen LogP contribution in [0.2, 0.25) is 0 Å². The number of carbonyl (C=O) groups is 1. The molecule has 160 valence electrons. The fourth-order valence-electron chi connectivity index (χ4n) is 5.40. The highest BCUT2D eigenvalue weighted by atomic mass is 79.9. The van der Waals surface area contributed by atoms with Gasteiger partial charge in [0, 0.05) is 34.9 Å². The van der Waals surface area contributed by atoms with Crippen molar-refractivity contribution in [3.63, 3.8) is 0 Å². The van der Waals surface area contributed by atoms with E-state index in [9.17, 15) is 4.79 Å². The molecule has 0 saturated carbocycles. The van der Waals surface area contributed by atoms with Crippen molar-refractivity contribution < 1.29 is 4.79 Å². The average molecular weight is 486 g/mol. The number of para-hydroxylation sites is 1. The van der Waals surface area contributed by atoms with Crippen LogP contribution in [0.1, 0.15) is 30.4 Å². The van der Waals surface area contributed by atoms with Crippen LogP contribution in [-0.2, 0) is 11.2 Å². The van der Waals surface area contributed by atoms with Gasteiger partial charge in [-0.05, 0) is 61.1 Å². The van der Waals surface area contributed by atoms with Crippen molar-refractivity contribution >= 4 is 49.9 Å². The molecule has 1 N–H and O–H groups in total. The maximum atomic E-state index is 13.0. The van der Waals surface area contributed by atoms with Gasteiger partial charge in [0.05, 0.1) is 33.4 Å². The molecule has 1 aromatic heterocycles. The quantitative estimate of drug-likeness (QED) is 0.347. The topological polar surface area (TPSA) is 39.3 Å². The molecule has 5 heteroatoms. The zero-order valence-corrected chi connectivity index (χ0v) is 19.4. The Bertz CT molecular complexity index is 1330. The maximum Gasteiger partial charge on any atom is 0.269 e. The summed E-state index contributed by atoms with van der Waals surface area (Å²) in [5, 5.41) is 1.26. The van der Waals surface area contributed by atoms with E-state index in [4.69, 9.17) is 0 Å². The first-order valence-corrected chi connectivity index (χ1v) is 11.9. The predicted octanol–water partition coefficient (Wildman–Crippen LogP) is 6.31. The number of nitrogens with zero attached hydrogens (tertiary/aromatic N) is 2. The van der Waals surface area contributed by atoms with Gasteiger partial charge in [0.1, 0.15) is 0 Å². The SMILES string of the molecule is C=C(C/C=C1\C=C2C(=O)N(Br)c3cccc(c32)N2CCCC12)Cc1c[nH]c2ccccc12. The van der Waals surface area contributed by atoms with Gasteiger partial charge < -0.3 is 9.88 Å². The lowest BCUT2D eigenvalue weighted by Gasteiger charge is -2.28. The van der Waals surface area contributed by atoms with Crippen molar-refractivity contribution in [2.75, 3.05) is 15.4 Å². The molecule has 0 radical (unpaired) electrons. The summed E-state index contributed by atoms with van der Waals surface area (Å²) in [6.45, 7) is 5.39. The van der Waals surface area contributed by atoms with Crippen LogP contribution in [0.4, 0.5) is 11.4 Å². The van der Waals surface area contributed by atoms with Crippen molar-refractivity contribution in [3.8, 4) is 0 Å². The molecule has 2 aromatic carbocycles. The van der Waals surface area contributed by atoms with E-state index < -0.39 is 0 Å². The number of anilines is 2. The van der Waals surface area contributed by atoms with Gasteiger partial charge in [0.2, 0.25) is 0 Å². The first-order chi connectivity index (χ1) is 15.6. The highest BCUT2D eigenvalue weighted by molar-refractivity contribution is 9.10. The molecule has 1 amide bonds. The summed E-state index contributed by atoms with van der Waals surface area (Å²) in [6.07, 6.45) is 10.4. The third kappa shape index (κ3) is 2.99. The number of allylic oxidation sites excluding steroid dienone is 2. The van der Waals surface area contributed by atoms with Crippen LogP contribution < -0.4 is 8.83 Å². The van der Waals surface area contributed by atoms with Gasteiger partial charge >= 0.3 is 0 Å². The van der Waals surface area contributed by atoms with Crippen molar-refractivity contribution in [1.29, 1.82) is 0 Å². The number of aromatic nitrogens is 1. The van der Waals surface area contributed by atoms with Crippen molar-refractivity contribution in [2.24, 2.45) is 0 Å². The number of hydrogen-bond donors (Lipinski definition) is 1. The summed E-state index contributed by atoms with van der Waals surface area (Å²) in [4.78, 5) is 18.9. The van der Waals surface area contributed by atoms with Gasteiger partial charge in [-0.2, -0.15) is 0 Å². The molecule has 1 atom stereocenters. The minimum Gasteiger partial charge on any atom is -0.364 e. The van der Waals surface area contributed by atoms with Gasteiger partial charge in [0.15, 0.2) is 0 Å². The second kappa shape index (κ2) is 7.52. The molecule has 6 rings (SSSR count). The number of rotatable bonds is 4. The third-order valence-electron chi connectivity index (χ3n) is 6.91. The molecule has 32 heavy (non-hydrogen) atoms. The number of H-pyrrole nitrogens is 1. The number of hydrogen-bond acceptors (Lipinski definition) is 2. The minimum absolute atomic E-state index is 0.0112. The largest absolute Gasteiger partial charge is 0.364 e. The molecule has 1 saturated heterocycles. The van der Waals surface area contributed by atoms with Crippen LogP contribution in [0.25, 0.3) is 16.5 Å². The minimum atomic E-state index is 0.0112. The summed E-state index contributed by atoms with van der Waals surface area (Å²) >= 11 is 3.47. The molecule has 4 nitrogen and oxygen atoms in total. The monoisotopic (exact) mass is 485 g/mol. The smallest absolute Gasteiger partial charge is 0.269 e. The lowest BCUT2D eigenvalue weighted by atomic mass is 9.97. The lowest BCUT2D eigenvalue weighted by Crippen LogP contribution is -2.30. The van der Waals surface area contributed by atoms with E-state index in [0.717, 1.165) is 54.6 Å².